The van der Waals surface area contributed by atoms with Crippen LogP contribution in [0.25, 0.3) is 0 Å². The number of aliphatic carboxylic acids is 1. The first-order valence-corrected chi connectivity index (χ1v) is 7.84. The van der Waals surface area contributed by atoms with Crippen molar-refractivity contribution in [3.05, 3.63) is 11.1 Å². The third-order valence-corrected chi connectivity index (χ3v) is 4.59. The number of hydrogen-bond donors (Lipinski definition) is 1. The number of carboxylic acids is 1. The smallest absolute Gasteiger partial charge is 0.308 e. The van der Waals surface area contributed by atoms with Crippen molar-refractivity contribution in [2.24, 2.45) is 5.92 Å². The number of amides is 2. The Hall–Kier alpha value is -1.85. The summed E-state index contributed by atoms with van der Waals surface area (Å²) in [5.41, 5.74) is 1.95. The summed E-state index contributed by atoms with van der Waals surface area (Å²) >= 11 is 0. The lowest BCUT2D eigenvalue weighted by Crippen LogP contribution is -2.47. The highest BCUT2D eigenvalue weighted by atomic mass is 16.4. The molecule has 6 heteroatoms. The third-order valence-electron chi connectivity index (χ3n) is 4.59. The van der Waals surface area contributed by atoms with Crippen molar-refractivity contribution in [1.82, 2.24) is 9.80 Å². The molecular formula is C16H24N2O4. The Morgan fingerprint density at radius 2 is 2.00 bits per heavy atom. The zero-order valence-corrected chi connectivity index (χ0v) is 13.3. The van der Waals surface area contributed by atoms with Crippen molar-refractivity contribution in [1.29, 1.82) is 0 Å². The highest BCUT2D eigenvalue weighted by molar-refractivity contribution is 5.96. The number of carbonyl (C=O) groups is 3. The summed E-state index contributed by atoms with van der Waals surface area (Å²) in [5.74, 6) is -1.58. The van der Waals surface area contributed by atoms with E-state index in [1.165, 1.54) is 4.90 Å². The zero-order chi connectivity index (χ0) is 16.3. The first-order chi connectivity index (χ1) is 10.4. The highest BCUT2D eigenvalue weighted by Gasteiger charge is 2.29. The predicted molar refractivity (Wildman–Crippen MR) is 81.1 cm³/mol. The number of carboxylic acid groups (broad SMARTS) is 1. The van der Waals surface area contributed by atoms with Crippen LogP contribution in [0.3, 0.4) is 0 Å². The molecule has 2 rings (SSSR count). The lowest BCUT2D eigenvalue weighted by Gasteiger charge is -2.32. The van der Waals surface area contributed by atoms with E-state index in [1.807, 2.05) is 6.92 Å². The van der Waals surface area contributed by atoms with Crippen LogP contribution in [0, 0.1) is 5.92 Å². The highest BCUT2D eigenvalue weighted by Crippen LogP contribution is 2.26. The van der Waals surface area contributed by atoms with E-state index in [2.05, 4.69) is 0 Å². The Labute approximate surface area is 130 Å². The molecule has 1 fully saturated rings. The van der Waals surface area contributed by atoms with Crippen molar-refractivity contribution in [3.63, 3.8) is 0 Å². The lowest BCUT2D eigenvalue weighted by atomic mass is 9.98. The van der Waals surface area contributed by atoms with E-state index in [4.69, 9.17) is 5.11 Å². The fourth-order valence-corrected chi connectivity index (χ4v) is 3.19. The van der Waals surface area contributed by atoms with E-state index in [1.54, 1.807) is 11.9 Å². The minimum atomic E-state index is -0.853. The van der Waals surface area contributed by atoms with E-state index >= 15 is 0 Å². The maximum Gasteiger partial charge on any atom is 0.308 e. The van der Waals surface area contributed by atoms with Crippen molar-refractivity contribution < 1.29 is 19.5 Å². The summed E-state index contributed by atoms with van der Waals surface area (Å²) < 4.78 is 0. The number of likely N-dealkylation sites (tertiary alicyclic amines) is 1. The maximum atomic E-state index is 12.3. The van der Waals surface area contributed by atoms with E-state index in [-0.39, 0.29) is 24.9 Å². The van der Waals surface area contributed by atoms with Gasteiger partial charge in [0.15, 0.2) is 0 Å². The van der Waals surface area contributed by atoms with Gasteiger partial charge >= 0.3 is 5.97 Å². The number of carbonyl (C=O) groups excluding carboxylic acids is 2. The lowest BCUT2D eigenvalue weighted by molar-refractivity contribution is -0.147. The summed E-state index contributed by atoms with van der Waals surface area (Å²) in [6.45, 7) is 2.81. The fourth-order valence-electron chi connectivity index (χ4n) is 3.19. The quantitative estimate of drug-likeness (QED) is 0.848. The second-order valence-electron chi connectivity index (χ2n) is 6.29. The molecule has 1 atom stereocenters. The van der Waals surface area contributed by atoms with Gasteiger partial charge in [0.1, 0.15) is 0 Å². The Balaban J connectivity index is 1.92. The summed E-state index contributed by atoms with van der Waals surface area (Å²) in [4.78, 5) is 38.7. The van der Waals surface area contributed by atoms with Gasteiger partial charge in [0.25, 0.3) is 0 Å². The number of allylic oxidation sites excluding steroid dienone is 1. The summed E-state index contributed by atoms with van der Waals surface area (Å²) in [6, 6.07) is 0. The van der Waals surface area contributed by atoms with Gasteiger partial charge in [-0.1, -0.05) is 5.57 Å². The van der Waals surface area contributed by atoms with E-state index in [9.17, 15) is 14.4 Å². The molecule has 1 unspecified atom stereocenters. The van der Waals surface area contributed by atoms with Gasteiger partial charge in [0, 0.05) is 25.7 Å². The van der Waals surface area contributed by atoms with Crippen LogP contribution in [0.4, 0.5) is 0 Å². The normalized spacial score (nSPS) is 21.9. The molecule has 22 heavy (non-hydrogen) atoms. The molecular weight excluding hydrogens is 284 g/mol. The van der Waals surface area contributed by atoms with Gasteiger partial charge in [-0.2, -0.15) is 0 Å². The minimum absolute atomic E-state index is 0.0158. The number of likely N-dealkylation sites (N-methyl/N-ethyl adjacent to an activating group) is 1. The number of piperidine rings is 1. The van der Waals surface area contributed by atoms with Crippen molar-refractivity contribution >= 4 is 17.8 Å². The first kappa shape index (κ1) is 16.5. The molecule has 122 valence electrons. The Bertz CT molecular complexity index is 512. The Morgan fingerprint density at radius 3 is 2.59 bits per heavy atom. The molecule has 0 aromatic rings. The summed E-state index contributed by atoms with van der Waals surface area (Å²) in [6.07, 6.45) is 4.05. The van der Waals surface area contributed by atoms with Gasteiger partial charge in [-0.3, -0.25) is 14.4 Å². The molecule has 1 aliphatic carbocycles. The third kappa shape index (κ3) is 3.67. The monoisotopic (exact) mass is 308 g/mol. The predicted octanol–water partition coefficient (Wildman–Crippen LogP) is 1.27. The largest absolute Gasteiger partial charge is 0.481 e. The molecule has 1 N–H and O–H groups in total. The summed E-state index contributed by atoms with van der Waals surface area (Å²) in [7, 11) is 1.64. The van der Waals surface area contributed by atoms with Gasteiger partial charge in [-0.05, 0) is 39.0 Å². The average molecular weight is 308 g/mol. The van der Waals surface area contributed by atoms with Crippen LogP contribution >= 0.6 is 0 Å². The molecule has 1 aliphatic heterocycles. The number of hydrogen-bond acceptors (Lipinski definition) is 3. The zero-order valence-electron chi connectivity index (χ0n) is 13.3. The molecule has 0 bridgehead atoms. The van der Waals surface area contributed by atoms with Crippen LogP contribution in [-0.4, -0.2) is 59.4 Å². The van der Waals surface area contributed by atoms with Crippen LogP contribution in [0.2, 0.25) is 0 Å². The SMILES string of the molecule is CC1=C(C(=O)N(C)CC(=O)N2CCCC(C(=O)O)C2)CCC1. The molecule has 6 nitrogen and oxygen atoms in total. The maximum absolute atomic E-state index is 12.3. The van der Waals surface area contributed by atoms with Crippen LogP contribution < -0.4 is 0 Å². The second-order valence-corrected chi connectivity index (χ2v) is 6.29. The first-order valence-electron chi connectivity index (χ1n) is 7.84. The van der Waals surface area contributed by atoms with E-state index < -0.39 is 11.9 Å². The Kier molecular flexibility index (Phi) is 5.21. The standard InChI is InChI=1S/C16H24N2O4/c1-11-5-3-7-13(11)15(20)17(2)10-14(19)18-8-4-6-12(9-18)16(21)22/h12H,3-10H2,1-2H3,(H,21,22). The van der Waals surface area contributed by atoms with Gasteiger partial charge in [-0.15, -0.1) is 0 Å². The fraction of sp³-hybridized carbons (Fsp3) is 0.688. The van der Waals surface area contributed by atoms with Gasteiger partial charge < -0.3 is 14.9 Å². The van der Waals surface area contributed by atoms with E-state index in [0.29, 0.717) is 19.4 Å². The second kappa shape index (κ2) is 6.94. The van der Waals surface area contributed by atoms with Gasteiger partial charge in [0.2, 0.25) is 11.8 Å². The minimum Gasteiger partial charge on any atom is -0.481 e. The van der Waals surface area contributed by atoms with Crippen LogP contribution in [-0.2, 0) is 14.4 Å². The van der Waals surface area contributed by atoms with Gasteiger partial charge in [-0.25, -0.2) is 0 Å². The topological polar surface area (TPSA) is 77.9 Å². The van der Waals surface area contributed by atoms with Crippen molar-refractivity contribution in [3.8, 4) is 0 Å². The molecule has 0 spiro atoms. The molecule has 2 aliphatic rings. The average Bonchev–Trinajstić information content (AvgIpc) is 2.92. The molecule has 0 saturated carbocycles. The molecule has 0 aromatic carbocycles. The van der Waals surface area contributed by atoms with Crippen LogP contribution in [0.15, 0.2) is 11.1 Å². The molecule has 1 heterocycles. The van der Waals surface area contributed by atoms with Crippen LogP contribution in [0.5, 0.6) is 0 Å². The molecule has 0 radical (unpaired) electrons. The molecule has 0 aromatic heterocycles. The molecule has 1 saturated heterocycles. The van der Waals surface area contributed by atoms with Crippen molar-refractivity contribution in [2.45, 2.75) is 39.0 Å². The van der Waals surface area contributed by atoms with Gasteiger partial charge in [0.05, 0.1) is 12.5 Å². The summed E-state index contributed by atoms with van der Waals surface area (Å²) in [5, 5.41) is 9.07. The van der Waals surface area contributed by atoms with Crippen LogP contribution in [0.1, 0.15) is 39.0 Å². The molecule has 2 amide bonds. The van der Waals surface area contributed by atoms with Crippen molar-refractivity contribution in [2.75, 3.05) is 26.7 Å². The number of nitrogens with zero attached hydrogens (tertiary/aromatic N) is 2. The Morgan fingerprint density at radius 1 is 1.27 bits per heavy atom. The number of rotatable bonds is 4. The van der Waals surface area contributed by atoms with E-state index in [0.717, 1.165) is 30.4 Å².